The predicted octanol–water partition coefficient (Wildman–Crippen LogP) is 3.56. The van der Waals surface area contributed by atoms with E-state index in [1.165, 1.54) is 9.75 Å². The molecule has 0 aliphatic carbocycles. The second-order valence-corrected chi connectivity index (χ2v) is 6.63. The van der Waals surface area contributed by atoms with Gasteiger partial charge in [-0.1, -0.05) is 20.8 Å². The van der Waals surface area contributed by atoms with Gasteiger partial charge < -0.3 is 10.1 Å². The van der Waals surface area contributed by atoms with Crippen molar-refractivity contribution in [2.45, 2.75) is 52.6 Å². The van der Waals surface area contributed by atoms with E-state index in [2.05, 4.69) is 45.1 Å². The van der Waals surface area contributed by atoms with E-state index in [-0.39, 0.29) is 5.41 Å². The Morgan fingerprint density at radius 1 is 1.35 bits per heavy atom. The molecule has 0 spiro atoms. The summed E-state index contributed by atoms with van der Waals surface area (Å²) in [6.45, 7) is 13.5. The summed E-state index contributed by atoms with van der Waals surface area (Å²) in [5, 5.41) is 3.48. The highest BCUT2D eigenvalue weighted by Crippen LogP contribution is 2.29. The van der Waals surface area contributed by atoms with E-state index in [0.29, 0.717) is 6.04 Å². The van der Waals surface area contributed by atoms with Gasteiger partial charge in [0, 0.05) is 28.9 Å². The van der Waals surface area contributed by atoms with Gasteiger partial charge in [0.25, 0.3) is 0 Å². The first-order valence-corrected chi connectivity index (χ1v) is 7.15. The zero-order valence-corrected chi connectivity index (χ0v) is 12.5. The van der Waals surface area contributed by atoms with Crippen LogP contribution in [0.3, 0.4) is 0 Å². The highest BCUT2D eigenvalue weighted by molar-refractivity contribution is 7.12. The first-order valence-electron chi connectivity index (χ1n) is 6.33. The van der Waals surface area contributed by atoms with Crippen LogP contribution in [0.1, 0.15) is 44.4 Å². The molecule has 1 aromatic rings. The Labute approximate surface area is 109 Å². The Morgan fingerprint density at radius 3 is 2.59 bits per heavy atom. The average molecular weight is 255 g/mol. The Morgan fingerprint density at radius 2 is 2.06 bits per heavy atom. The third kappa shape index (κ3) is 5.19. The minimum Gasteiger partial charge on any atom is -0.380 e. The maximum absolute atomic E-state index is 5.38. The molecule has 2 nitrogen and oxygen atoms in total. The fraction of sp³-hybridized carbons (Fsp3) is 0.714. The zero-order valence-electron chi connectivity index (χ0n) is 11.7. The van der Waals surface area contributed by atoms with Crippen LogP contribution in [-0.2, 0) is 16.7 Å². The van der Waals surface area contributed by atoms with Gasteiger partial charge in [0.1, 0.15) is 0 Å². The Balaban J connectivity index is 2.40. The van der Waals surface area contributed by atoms with Crippen LogP contribution in [-0.4, -0.2) is 19.3 Å². The van der Waals surface area contributed by atoms with Crippen molar-refractivity contribution in [2.75, 3.05) is 13.2 Å². The molecule has 17 heavy (non-hydrogen) atoms. The molecule has 0 aromatic carbocycles. The Hall–Kier alpha value is -0.380. The summed E-state index contributed by atoms with van der Waals surface area (Å²) in [6.07, 6.45) is 0. The highest BCUT2D eigenvalue weighted by Gasteiger charge is 2.15. The molecule has 1 unspecified atom stereocenters. The van der Waals surface area contributed by atoms with E-state index in [1.807, 2.05) is 18.3 Å². The molecule has 1 atom stereocenters. The number of ether oxygens (including phenoxy) is 1. The lowest BCUT2D eigenvalue weighted by atomic mass is 9.95. The normalized spacial score (nSPS) is 13.9. The number of hydrogen-bond acceptors (Lipinski definition) is 3. The van der Waals surface area contributed by atoms with Crippen LogP contribution in [0.15, 0.2) is 12.1 Å². The molecule has 0 aliphatic rings. The SMILES string of the molecule is CCOCC(C)NCc1ccc(C(C)(C)C)s1. The quantitative estimate of drug-likeness (QED) is 0.839. The van der Waals surface area contributed by atoms with Crippen LogP contribution in [0.4, 0.5) is 0 Å². The molecule has 0 aliphatic heterocycles. The second kappa shape index (κ2) is 6.53. The molecule has 0 amide bonds. The molecule has 0 saturated heterocycles. The third-order valence-corrected chi connectivity index (χ3v) is 4.11. The maximum atomic E-state index is 5.38. The molecule has 0 bridgehead atoms. The number of rotatable bonds is 6. The molecule has 1 N–H and O–H groups in total. The Kier molecular flexibility index (Phi) is 5.63. The lowest BCUT2D eigenvalue weighted by Crippen LogP contribution is -2.29. The monoisotopic (exact) mass is 255 g/mol. The van der Waals surface area contributed by atoms with Crippen LogP contribution in [0.25, 0.3) is 0 Å². The summed E-state index contributed by atoms with van der Waals surface area (Å²) in [5.41, 5.74) is 0.264. The van der Waals surface area contributed by atoms with Gasteiger partial charge in [-0.2, -0.15) is 0 Å². The molecule has 1 heterocycles. The number of hydrogen-bond donors (Lipinski definition) is 1. The van der Waals surface area contributed by atoms with Crippen LogP contribution in [0, 0.1) is 0 Å². The molecular formula is C14H25NOS. The fourth-order valence-corrected chi connectivity index (χ4v) is 2.52. The minimum atomic E-state index is 0.264. The fourth-order valence-electron chi connectivity index (χ4n) is 1.50. The van der Waals surface area contributed by atoms with Crippen LogP contribution in [0.5, 0.6) is 0 Å². The molecule has 1 rings (SSSR count). The van der Waals surface area contributed by atoms with Crippen molar-refractivity contribution in [1.29, 1.82) is 0 Å². The van der Waals surface area contributed by atoms with Crippen molar-refractivity contribution >= 4 is 11.3 Å². The van der Waals surface area contributed by atoms with Gasteiger partial charge in [-0.15, -0.1) is 11.3 Å². The van der Waals surface area contributed by atoms with Crippen molar-refractivity contribution < 1.29 is 4.74 Å². The molecule has 0 fully saturated rings. The van der Waals surface area contributed by atoms with E-state index in [0.717, 1.165) is 19.8 Å². The van der Waals surface area contributed by atoms with Gasteiger partial charge in [-0.3, -0.25) is 0 Å². The summed E-state index contributed by atoms with van der Waals surface area (Å²) in [7, 11) is 0. The van der Waals surface area contributed by atoms with Gasteiger partial charge >= 0.3 is 0 Å². The summed E-state index contributed by atoms with van der Waals surface area (Å²) in [4.78, 5) is 2.85. The van der Waals surface area contributed by atoms with Crippen LogP contribution in [0.2, 0.25) is 0 Å². The van der Waals surface area contributed by atoms with E-state index in [4.69, 9.17) is 4.74 Å². The topological polar surface area (TPSA) is 21.3 Å². The summed E-state index contributed by atoms with van der Waals surface area (Å²) >= 11 is 1.90. The van der Waals surface area contributed by atoms with Gasteiger partial charge in [0.15, 0.2) is 0 Å². The first-order chi connectivity index (χ1) is 7.93. The van der Waals surface area contributed by atoms with E-state index < -0.39 is 0 Å². The van der Waals surface area contributed by atoms with Gasteiger partial charge in [0.2, 0.25) is 0 Å². The van der Waals surface area contributed by atoms with E-state index in [1.54, 1.807) is 0 Å². The largest absolute Gasteiger partial charge is 0.380 e. The molecule has 0 radical (unpaired) electrons. The second-order valence-electron chi connectivity index (χ2n) is 5.46. The van der Waals surface area contributed by atoms with Crippen molar-refractivity contribution in [3.8, 4) is 0 Å². The van der Waals surface area contributed by atoms with Crippen molar-refractivity contribution in [3.63, 3.8) is 0 Å². The summed E-state index contributed by atoms with van der Waals surface area (Å²) < 4.78 is 5.38. The molecule has 0 saturated carbocycles. The molecule has 3 heteroatoms. The lowest BCUT2D eigenvalue weighted by molar-refractivity contribution is 0.127. The first kappa shape index (κ1) is 14.7. The smallest absolute Gasteiger partial charge is 0.0616 e. The highest BCUT2D eigenvalue weighted by atomic mass is 32.1. The molecule has 98 valence electrons. The van der Waals surface area contributed by atoms with Gasteiger partial charge in [0.05, 0.1) is 6.61 Å². The van der Waals surface area contributed by atoms with Crippen LogP contribution < -0.4 is 5.32 Å². The zero-order chi connectivity index (χ0) is 12.9. The van der Waals surface area contributed by atoms with Crippen molar-refractivity contribution in [2.24, 2.45) is 0 Å². The predicted molar refractivity (Wildman–Crippen MR) is 75.8 cm³/mol. The van der Waals surface area contributed by atoms with Crippen molar-refractivity contribution in [1.82, 2.24) is 5.32 Å². The summed E-state index contributed by atoms with van der Waals surface area (Å²) in [5.74, 6) is 0. The number of thiophene rings is 1. The summed E-state index contributed by atoms with van der Waals surface area (Å²) in [6, 6.07) is 4.88. The average Bonchev–Trinajstić information content (AvgIpc) is 2.71. The standard InChI is InChI=1S/C14H25NOS/c1-6-16-10-11(2)15-9-12-7-8-13(17-12)14(3,4)5/h7-8,11,15H,6,9-10H2,1-5H3. The third-order valence-electron chi connectivity index (χ3n) is 2.60. The molecular weight excluding hydrogens is 230 g/mol. The van der Waals surface area contributed by atoms with Gasteiger partial charge in [-0.05, 0) is 31.4 Å². The lowest BCUT2D eigenvalue weighted by Gasteiger charge is -2.15. The van der Waals surface area contributed by atoms with Crippen LogP contribution >= 0.6 is 11.3 Å². The van der Waals surface area contributed by atoms with E-state index in [9.17, 15) is 0 Å². The van der Waals surface area contributed by atoms with Crippen molar-refractivity contribution in [3.05, 3.63) is 21.9 Å². The minimum absolute atomic E-state index is 0.264. The van der Waals surface area contributed by atoms with E-state index >= 15 is 0 Å². The number of nitrogens with one attached hydrogen (secondary N) is 1. The Bertz CT molecular complexity index is 327. The van der Waals surface area contributed by atoms with Gasteiger partial charge in [-0.25, -0.2) is 0 Å². The maximum Gasteiger partial charge on any atom is 0.0616 e. The molecule has 1 aromatic heterocycles.